The summed E-state index contributed by atoms with van der Waals surface area (Å²) in [6.07, 6.45) is 1.33. The third kappa shape index (κ3) is 3.55. The van der Waals surface area contributed by atoms with E-state index >= 15 is 0 Å². The number of hydrogen-bond acceptors (Lipinski definition) is 3. The van der Waals surface area contributed by atoms with Crippen LogP contribution in [0.3, 0.4) is 0 Å². The van der Waals surface area contributed by atoms with Crippen molar-refractivity contribution in [3.63, 3.8) is 0 Å². The van der Waals surface area contributed by atoms with E-state index in [2.05, 4.69) is 63.4 Å². The van der Waals surface area contributed by atoms with E-state index in [4.69, 9.17) is 0 Å². The average Bonchev–Trinajstić information content (AvgIpc) is 2.18. The molecule has 0 radical (unpaired) electrons. The zero-order valence-corrected chi connectivity index (χ0v) is 14.7. The van der Waals surface area contributed by atoms with Crippen LogP contribution in [0.2, 0.25) is 0 Å². The highest BCUT2D eigenvalue weighted by Crippen LogP contribution is 2.36. The van der Waals surface area contributed by atoms with Gasteiger partial charge in [0, 0.05) is 37.8 Å². The SMILES string of the molecule is CN1CC(C(C)(C)CCN(C)C2CN(C(C)(C)C)C2)C1. The van der Waals surface area contributed by atoms with Crippen LogP contribution in [0.1, 0.15) is 41.0 Å². The van der Waals surface area contributed by atoms with Crippen LogP contribution in [-0.4, -0.2) is 73.1 Å². The van der Waals surface area contributed by atoms with Crippen LogP contribution in [0.25, 0.3) is 0 Å². The summed E-state index contributed by atoms with van der Waals surface area (Å²) in [5, 5.41) is 0. The van der Waals surface area contributed by atoms with Gasteiger partial charge in [-0.15, -0.1) is 0 Å². The van der Waals surface area contributed by atoms with Crippen molar-refractivity contribution in [2.45, 2.75) is 52.6 Å². The fraction of sp³-hybridized carbons (Fsp3) is 1.00. The standard InChI is InChI=1S/C17H35N3/c1-16(2,3)20-12-15(13-20)19(7)9-8-17(4,5)14-10-18(6)11-14/h14-15H,8-13H2,1-7H3. The lowest BCUT2D eigenvalue weighted by atomic mass is 9.72. The summed E-state index contributed by atoms with van der Waals surface area (Å²) in [4.78, 5) is 7.61. The summed E-state index contributed by atoms with van der Waals surface area (Å²) < 4.78 is 0. The summed E-state index contributed by atoms with van der Waals surface area (Å²) in [5.41, 5.74) is 0.835. The minimum atomic E-state index is 0.340. The van der Waals surface area contributed by atoms with Crippen molar-refractivity contribution in [1.29, 1.82) is 0 Å². The fourth-order valence-corrected chi connectivity index (χ4v) is 3.33. The van der Waals surface area contributed by atoms with E-state index in [9.17, 15) is 0 Å². The molecule has 2 aliphatic rings. The lowest BCUT2D eigenvalue weighted by Gasteiger charge is -2.51. The topological polar surface area (TPSA) is 9.72 Å². The van der Waals surface area contributed by atoms with Gasteiger partial charge in [-0.2, -0.15) is 0 Å². The molecule has 0 aromatic carbocycles. The molecule has 0 aromatic heterocycles. The molecule has 2 fully saturated rings. The predicted molar refractivity (Wildman–Crippen MR) is 87.1 cm³/mol. The van der Waals surface area contributed by atoms with Gasteiger partial charge in [-0.05, 0) is 59.2 Å². The molecule has 0 amide bonds. The van der Waals surface area contributed by atoms with Crippen LogP contribution < -0.4 is 0 Å². The summed E-state index contributed by atoms with van der Waals surface area (Å²) in [5.74, 6) is 0.897. The molecule has 20 heavy (non-hydrogen) atoms. The first-order chi connectivity index (χ1) is 9.09. The maximum Gasteiger partial charge on any atom is 0.0347 e. The van der Waals surface area contributed by atoms with Crippen molar-refractivity contribution in [1.82, 2.24) is 14.7 Å². The molecule has 0 aliphatic carbocycles. The largest absolute Gasteiger partial charge is 0.306 e. The smallest absolute Gasteiger partial charge is 0.0347 e. The Morgan fingerprint density at radius 3 is 2.00 bits per heavy atom. The average molecular weight is 281 g/mol. The number of nitrogens with zero attached hydrogens (tertiary/aromatic N) is 3. The summed E-state index contributed by atoms with van der Waals surface area (Å²) in [6.45, 7) is 18.2. The molecule has 2 heterocycles. The molecule has 2 saturated heterocycles. The molecular weight excluding hydrogens is 246 g/mol. The Hall–Kier alpha value is -0.120. The normalized spacial score (nSPS) is 24.0. The highest BCUT2D eigenvalue weighted by atomic mass is 15.3. The highest BCUT2D eigenvalue weighted by Gasteiger charge is 2.39. The number of likely N-dealkylation sites (tertiary alicyclic amines) is 2. The number of hydrogen-bond donors (Lipinski definition) is 0. The van der Waals surface area contributed by atoms with E-state index in [1.54, 1.807) is 0 Å². The monoisotopic (exact) mass is 281 g/mol. The van der Waals surface area contributed by atoms with Gasteiger partial charge in [0.1, 0.15) is 0 Å². The molecule has 0 spiro atoms. The summed E-state index contributed by atoms with van der Waals surface area (Å²) in [6, 6.07) is 0.772. The summed E-state index contributed by atoms with van der Waals surface area (Å²) in [7, 11) is 4.54. The first-order valence-electron chi connectivity index (χ1n) is 8.23. The van der Waals surface area contributed by atoms with E-state index in [-0.39, 0.29) is 0 Å². The fourth-order valence-electron chi connectivity index (χ4n) is 3.33. The Morgan fingerprint density at radius 1 is 1.00 bits per heavy atom. The van der Waals surface area contributed by atoms with Gasteiger partial charge in [-0.25, -0.2) is 0 Å². The maximum atomic E-state index is 2.59. The molecule has 0 aromatic rings. The van der Waals surface area contributed by atoms with Gasteiger partial charge in [-0.3, -0.25) is 4.90 Å². The van der Waals surface area contributed by atoms with E-state index in [0.29, 0.717) is 11.0 Å². The van der Waals surface area contributed by atoms with Crippen LogP contribution in [0.4, 0.5) is 0 Å². The Labute approximate surface area is 126 Å². The quantitative estimate of drug-likeness (QED) is 0.766. The second-order valence-electron chi connectivity index (χ2n) is 8.87. The van der Waals surface area contributed by atoms with E-state index in [0.717, 1.165) is 12.0 Å². The molecule has 118 valence electrons. The molecule has 2 aliphatic heterocycles. The molecule has 0 bridgehead atoms. The van der Waals surface area contributed by atoms with E-state index < -0.39 is 0 Å². The summed E-state index contributed by atoms with van der Waals surface area (Å²) >= 11 is 0. The second-order valence-corrected chi connectivity index (χ2v) is 8.87. The highest BCUT2D eigenvalue weighted by molar-refractivity contribution is 4.94. The van der Waals surface area contributed by atoms with Gasteiger partial charge in [0.25, 0.3) is 0 Å². The zero-order chi connectivity index (χ0) is 15.1. The van der Waals surface area contributed by atoms with Gasteiger partial charge in [0.15, 0.2) is 0 Å². The predicted octanol–water partition coefficient (Wildman–Crippen LogP) is 2.38. The zero-order valence-electron chi connectivity index (χ0n) is 14.7. The van der Waals surface area contributed by atoms with Crippen LogP contribution in [0.5, 0.6) is 0 Å². The molecule has 0 atom stereocenters. The van der Waals surface area contributed by atoms with Crippen LogP contribution in [-0.2, 0) is 0 Å². The molecule has 2 rings (SSSR count). The Morgan fingerprint density at radius 2 is 1.55 bits per heavy atom. The molecule has 0 saturated carbocycles. The van der Waals surface area contributed by atoms with Crippen molar-refractivity contribution in [2.75, 3.05) is 46.8 Å². The van der Waals surface area contributed by atoms with Crippen molar-refractivity contribution in [2.24, 2.45) is 11.3 Å². The van der Waals surface area contributed by atoms with Crippen molar-refractivity contribution in [3.05, 3.63) is 0 Å². The van der Waals surface area contributed by atoms with E-state index in [1.807, 2.05) is 0 Å². The maximum absolute atomic E-state index is 2.59. The van der Waals surface area contributed by atoms with Crippen LogP contribution >= 0.6 is 0 Å². The molecule has 3 heteroatoms. The Balaban J connectivity index is 1.70. The lowest BCUT2D eigenvalue weighted by molar-refractivity contribution is -0.0238. The van der Waals surface area contributed by atoms with Crippen molar-refractivity contribution in [3.8, 4) is 0 Å². The van der Waals surface area contributed by atoms with Crippen molar-refractivity contribution >= 4 is 0 Å². The first-order valence-corrected chi connectivity index (χ1v) is 8.23. The minimum Gasteiger partial charge on any atom is -0.306 e. The lowest BCUT2D eigenvalue weighted by Crippen LogP contribution is -2.64. The van der Waals surface area contributed by atoms with Crippen molar-refractivity contribution < 1.29 is 0 Å². The first kappa shape index (κ1) is 16.3. The third-order valence-corrected chi connectivity index (χ3v) is 5.71. The Kier molecular flexibility index (Phi) is 4.54. The van der Waals surface area contributed by atoms with Gasteiger partial charge in [-0.1, -0.05) is 13.8 Å². The molecular formula is C17H35N3. The minimum absolute atomic E-state index is 0.340. The van der Waals surface area contributed by atoms with Crippen LogP contribution in [0, 0.1) is 11.3 Å². The van der Waals surface area contributed by atoms with Gasteiger partial charge < -0.3 is 9.80 Å². The molecule has 0 unspecified atom stereocenters. The molecule has 0 N–H and O–H groups in total. The van der Waals surface area contributed by atoms with Gasteiger partial charge in [0.05, 0.1) is 0 Å². The Bertz CT molecular complexity index is 320. The van der Waals surface area contributed by atoms with Gasteiger partial charge >= 0.3 is 0 Å². The number of rotatable bonds is 5. The molecule has 3 nitrogen and oxygen atoms in total. The van der Waals surface area contributed by atoms with Crippen LogP contribution in [0.15, 0.2) is 0 Å². The number of likely N-dealkylation sites (N-methyl/N-ethyl adjacent to an activating group) is 1. The second kappa shape index (κ2) is 5.58. The third-order valence-electron chi connectivity index (χ3n) is 5.71. The van der Waals surface area contributed by atoms with Gasteiger partial charge in [0.2, 0.25) is 0 Å². The van der Waals surface area contributed by atoms with E-state index in [1.165, 1.54) is 39.1 Å².